The molecule has 0 aliphatic rings. The maximum Gasteiger partial charge on any atom is 0.265 e. The van der Waals surface area contributed by atoms with Gasteiger partial charge in [-0.2, -0.15) is 5.26 Å². The van der Waals surface area contributed by atoms with Crippen molar-refractivity contribution in [2.45, 2.75) is 24.2 Å². The highest BCUT2D eigenvalue weighted by atomic mass is 35.5. The van der Waals surface area contributed by atoms with Crippen LogP contribution in [0.4, 0.5) is 4.39 Å². The molecule has 2 aromatic carbocycles. The Morgan fingerprint density at radius 1 is 1.28 bits per heavy atom. The summed E-state index contributed by atoms with van der Waals surface area (Å²) in [7, 11) is -4.25. The van der Waals surface area contributed by atoms with Crippen LogP contribution < -0.4 is 4.72 Å². The number of benzene rings is 2. The minimum atomic E-state index is -4.25. The van der Waals surface area contributed by atoms with Crippen LogP contribution in [0.25, 0.3) is 0 Å². The number of hydrogen-bond acceptors (Lipinski definition) is 4. The van der Waals surface area contributed by atoms with Gasteiger partial charge in [-0.15, -0.1) is 0 Å². The molecule has 2 aromatic rings. The number of halogens is 2. The first-order valence-electron chi connectivity index (χ1n) is 7.30. The lowest BCUT2D eigenvalue weighted by molar-refractivity contribution is -0.120. The van der Waals surface area contributed by atoms with Gasteiger partial charge in [-0.25, -0.2) is 17.5 Å². The number of nitrogens with one attached hydrogen (secondary N) is 1. The Hall–Kier alpha value is -2.43. The molecule has 0 unspecified atom stereocenters. The van der Waals surface area contributed by atoms with Crippen LogP contribution >= 0.6 is 11.6 Å². The summed E-state index contributed by atoms with van der Waals surface area (Å²) >= 11 is 5.75. The molecule has 0 aromatic heterocycles. The van der Waals surface area contributed by atoms with Crippen LogP contribution in [0.3, 0.4) is 0 Å². The second-order valence-corrected chi connectivity index (χ2v) is 7.32. The van der Waals surface area contributed by atoms with E-state index in [2.05, 4.69) is 0 Å². The molecule has 0 heterocycles. The molecule has 2 rings (SSSR count). The molecule has 1 atom stereocenters. The maximum absolute atomic E-state index is 13.0. The number of hydrogen-bond donors (Lipinski definition) is 1. The Morgan fingerprint density at radius 3 is 2.48 bits per heavy atom. The van der Waals surface area contributed by atoms with Gasteiger partial charge in [0, 0.05) is 5.02 Å². The van der Waals surface area contributed by atoms with Gasteiger partial charge in [0.15, 0.2) is 0 Å². The van der Waals surface area contributed by atoms with E-state index in [1.165, 1.54) is 36.4 Å². The van der Waals surface area contributed by atoms with Gasteiger partial charge in [-0.05, 0) is 42.3 Å². The lowest BCUT2D eigenvalue weighted by Gasteiger charge is -2.16. The monoisotopic (exact) mass is 380 g/mol. The van der Waals surface area contributed by atoms with Gasteiger partial charge >= 0.3 is 0 Å². The summed E-state index contributed by atoms with van der Waals surface area (Å²) < 4.78 is 39.9. The molecule has 1 amide bonds. The highest BCUT2D eigenvalue weighted by Crippen LogP contribution is 2.23. The molecule has 0 bridgehead atoms. The Bertz CT molecular complexity index is 937. The van der Waals surface area contributed by atoms with E-state index in [4.69, 9.17) is 16.9 Å². The van der Waals surface area contributed by atoms with Crippen LogP contribution in [0, 0.1) is 17.1 Å². The van der Waals surface area contributed by atoms with E-state index in [9.17, 15) is 17.6 Å². The molecule has 0 aliphatic carbocycles. The highest BCUT2D eigenvalue weighted by molar-refractivity contribution is 7.90. The lowest BCUT2D eigenvalue weighted by atomic mass is 9.96. The SMILES string of the molecule is CC[C@@H](C(=O)NS(=O)(=O)c1ccc(Cl)cc1C#N)c1ccc(F)cc1. The third-order valence-corrected chi connectivity index (χ3v) is 5.22. The van der Waals surface area contributed by atoms with Crippen LogP contribution in [0.2, 0.25) is 5.02 Å². The van der Waals surface area contributed by atoms with E-state index in [1.807, 2.05) is 4.72 Å². The molecule has 0 aliphatic heterocycles. The van der Waals surface area contributed by atoms with Crippen molar-refractivity contribution in [3.05, 3.63) is 64.4 Å². The fraction of sp³-hybridized carbons (Fsp3) is 0.176. The summed E-state index contributed by atoms with van der Waals surface area (Å²) in [6.45, 7) is 1.71. The Labute approximate surface area is 150 Å². The maximum atomic E-state index is 13.0. The van der Waals surface area contributed by atoms with Crippen LogP contribution in [0.1, 0.15) is 30.4 Å². The molecule has 0 spiro atoms. The summed E-state index contributed by atoms with van der Waals surface area (Å²) in [5.74, 6) is -1.98. The number of nitriles is 1. The number of amides is 1. The molecule has 0 fully saturated rings. The number of carbonyl (C=O) groups excluding carboxylic acids is 1. The zero-order valence-corrected chi connectivity index (χ0v) is 14.7. The van der Waals surface area contributed by atoms with Gasteiger partial charge in [0.25, 0.3) is 10.0 Å². The van der Waals surface area contributed by atoms with Crippen LogP contribution in [0.5, 0.6) is 0 Å². The van der Waals surface area contributed by atoms with Gasteiger partial charge in [-0.1, -0.05) is 30.7 Å². The first-order valence-corrected chi connectivity index (χ1v) is 9.16. The zero-order chi connectivity index (χ0) is 18.6. The molecule has 0 saturated carbocycles. The highest BCUT2D eigenvalue weighted by Gasteiger charge is 2.26. The third kappa shape index (κ3) is 4.35. The van der Waals surface area contributed by atoms with Crippen molar-refractivity contribution < 1.29 is 17.6 Å². The molecule has 1 N–H and O–H groups in total. The summed E-state index contributed by atoms with van der Waals surface area (Å²) in [4.78, 5) is 12.1. The van der Waals surface area contributed by atoms with Gasteiger partial charge in [-0.3, -0.25) is 4.79 Å². The van der Waals surface area contributed by atoms with Crippen molar-refractivity contribution in [2.75, 3.05) is 0 Å². The normalized spacial score (nSPS) is 12.2. The van der Waals surface area contributed by atoms with E-state index < -0.39 is 27.7 Å². The minimum absolute atomic E-state index is 0.164. The average molecular weight is 381 g/mol. The van der Waals surface area contributed by atoms with Crippen molar-refractivity contribution in [2.24, 2.45) is 0 Å². The third-order valence-electron chi connectivity index (χ3n) is 3.58. The first-order chi connectivity index (χ1) is 11.8. The summed E-state index contributed by atoms with van der Waals surface area (Å²) in [5.41, 5.74) is 0.329. The second kappa shape index (κ2) is 7.64. The molecule has 0 radical (unpaired) electrons. The lowest BCUT2D eigenvalue weighted by Crippen LogP contribution is -2.35. The number of carbonyl (C=O) groups is 1. The van der Waals surface area contributed by atoms with Crippen molar-refractivity contribution >= 4 is 27.5 Å². The summed E-state index contributed by atoms with van der Waals surface area (Å²) in [6, 6.07) is 10.7. The van der Waals surface area contributed by atoms with Gasteiger partial charge < -0.3 is 0 Å². The van der Waals surface area contributed by atoms with Crippen molar-refractivity contribution in [3.63, 3.8) is 0 Å². The molecule has 25 heavy (non-hydrogen) atoms. The molecular weight excluding hydrogens is 367 g/mol. The van der Waals surface area contributed by atoms with Crippen LogP contribution in [-0.2, 0) is 14.8 Å². The average Bonchev–Trinajstić information content (AvgIpc) is 2.56. The topological polar surface area (TPSA) is 87.0 Å². The zero-order valence-electron chi connectivity index (χ0n) is 13.2. The Kier molecular flexibility index (Phi) is 5.77. The number of sulfonamides is 1. The van der Waals surface area contributed by atoms with E-state index >= 15 is 0 Å². The first kappa shape index (κ1) is 18.9. The molecule has 0 saturated heterocycles. The van der Waals surface area contributed by atoms with E-state index in [1.54, 1.807) is 13.0 Å². The van der Waals surface area contributed by atoms with Crippen molar-refractivity contribution in [1.82, 2.24) is 4.72 Å². The fourth-order valence-electron chi connectivity index (χ4n) is 2.35. The molecule has 130 valence electrons. The van der Waals surface area contributed by atoms with Crippen LogP contribution in [0.15, 0.2) is 47.4 Å². The Balaban J connectivity index is 2.32. The van der Waals surface area contributed by atoms with Crippen molar-refractivity contribution in [1.29, 1.82) is 5.26 Å². The Morgan fingerprint density at radius 2 is 1.92 bits per heavy atom. The summed E-state index contributed by atoms with van der Waals surface area (Å²) in [6.07, 6.45) is 0.318. The van der Waals surface area contributed by atoms with Crippen molar-refractivity contribution in [3.8, 4) is 6.07 Å². The van der Waals surface area contributed by atoms with Crippen LogP contribution in [-0.4, -0.2) is 14.3 Å². The van der Waals surface area contributed by atoms with Gasteiger partial charge in [0.1, 0.15) is 16.8 Å². The smallest absolute Gasteiger partial charge is 0.265 e. The van der Waals surface area contributed by atoms with Gasteiger partial charge in [0.2, 0.25) is 5.91 Å². The van der Waals surface area contributed by atoms with E-state index in [0.717, 1.165) is 6.07 Å². The minimum Gasteiger partial charge on any atom is -0.273 e. The molecule has 5 nitrogen and oxygen atoms in total. The fourth-order valence-corrected chi connectivity index (χ4v) is 3.68. The molecule has 8 heteroatoms. The number of nitrogens with zero attached hydrogens (tertiary/aromatic N) is 1. The van der Waals surface area contributed by atoms with E-state index in [-0.39, 0.29) is 15.5 Å². The predicted molar refractivity (Wildman–Crippen MR) is 90.9 cm³/mol. The van der Waals surface area contributed by atoms with E-state index in [0.29, 0.717) is 12.0 Å². The predicted octanol–water partition coefficient (Wildman–Crippen LogP) is 3.35. The second-order valence-electron chi connectivity index (χ2n) is 5.23. The number of rotatable bonds is 5. The summed E-state index contributed by atoms with van der Waals surface area (Å²) in [5, 5.41) is 9.29. The quantitative estimate of drug-likeness (QED) is 0.861. The standard InChI is InChI=1S/C17H14ClFN2O3S/c1-2-15(11-3-6-14(19)7-4-11)17(22)21-25(23,24)16-8-5-13(18)9-12(16)10-20/h3-9,15H,2H2,1H3,(H,21,22)/t15-/m1/s1. The van der Waals surface area contributed by atoms with Gasteiger partial charge in [0.05, 0.1) is 11.5 Å². The largest absolute Gasteiger partial charge is 0.273 e. The molecular formula is C17H14ClFN2O3S.